The Balaban J connectivity index is 3.72. The first kappa shape index (κ1) is 29.8. The molecular formula is C23H49NO5P+. The molecule has 0 saturated carbocycles. The van der Waals surface area contributed by atoms with Crippen LogP contribution in [-0.4, -0.2) is 59.4 Å². The van der Waals surface area contributed by atoms with Crippen molar-refractivity contribution in [3.05, 3.63) is 12.2 Å². The standard InChI is InChI=1S/C23H48NO5P/c1-5-6-7-8-9-10-11-12-13-14-15-16-17-18-19-20-23(25,26)30(27,28)29-22-21-24(2,3)4/h12-13,25-26H,5-11,14-22H2,1-4H3/p+1/b13-12-. The van der Waals surface area contributed by atoms with Crippen LogP contribution in [-0.2, 0) is 9.09 Å². The number of quaternary nitrogens is 1. The molecule has 180 valence electrons. The van der Waals surface area contributed by atoms with Gasteiger partial charge in [-0.15, -0.1) is 0 Å². The van der Waals surface area contributed by atoms with Crippen LogP contribution in [0.15, 0.2) is 12.2 Å². The van der Waals surface area contributed by atoms with Crippen molar-refractivity contribution in [2.45, 2.75) is 102 Å². The third-order valence-electron chi connectivity index (χ3n) is 5.25. The third-order valence-corrected chi connectivity index (χ3v) is 6.92. The summed E-state index contributed by atoms with van der Waals surface area (Å²) in [4.78, 5) is 9.87. The summed E-state index contributed by atoms with van der Waals surface area (Å²) in [5.74, 6) is 0. The van der Waals surface area contributed by atoms with Crippen molar-refractivity contribution in [1.82, 2.24) is 0 Å². The molecule has 0 bridgehead atoms. The molecule has 0 heterocycles. The van der Waals surface area contributed by atoms with Gasteiger partial charge in [0.25, 0.3) is 5.53 Å². The first-order valence-electron chi connectivity index (χ1n) is 11.9. The molecule has 0 spiro atoms. The summed E-state index contributed by atoms with van der Waals surface area (Å²) in [7, 11) is 1.32. The topological polar surface area (TPSA) is 87.0 Å². The fourth-order valence-electron chi connectivity index (χ4n) is 3.12. The fourth-order valence-corrected chi connectivity index (χ4v) is 4.09. The lowest BCUT2D eigenvalue weighted by molar-refractivity contribution is -0.870. The van der Waals surface area contributed by atoms with Crippen molar-refractivity contribution in [3.63, 3.8) is 0 Å². The number of rotatable bonds is 20. The Bertz CT molecular complexity index is 488. The lowest BCUT2D eigenvalue weighted by Gasteiger charge is -2.28. The number of allylic oxidation sites excluding steroid dienone is 2. The molecular weight excluding hydrogens is 401 g/mol. The van der Waals surface area contributed by atoms with Gasteiger partial charge in [-0.05, 0) is 32.1 Å². The Kier molecular flexibility index (Phi) is 16.3. The second kappa shape index (κ2) is 16.4. The van der Waals surface area contributed by atoms with E-state index in [4.69, 9.17) is 4.52 Å². The monoisotopic (exact) mass is 450 g/mol. The number of hydrogen-bond donors (Lipinski definition) is 3. The number of nitrogens with zero attached hydrogens (tertiary/aromatic N) is 1. The van der Waals surface area contributed by atoms with Crippen LogP contribution in [0.25, 0.3) is 0 Å². The summed E-state index contributed by atoms with van der Waals surface area (Å²) in [5.41, 5.74) is -2.67. The molecule has 0 saturated heterocycles. The molecule has 0 radical (unpaired) electrons. The highest BCUT2D eigenvalue weighted by molar-refractivity contribution is 7.54. The molecule has 7 heteroatoms. The van der Waals surface area contributed by atoms with Gasteiger partial charge in [-0.3, -0.25) is 9.09 Å². The Hall–Kier alpha value is -0.230. The van der Waals surface area contributed by atoms with Gasteiger partial charge >= 0.3 is 7.60 Å². The predicted molar refractivity (Wildman–Crippen MR) is 125 cm³/mol. The van der Waals surface area contributed by atoms with Crippen molar-refractivity contribution < 1.29 is 28.7 Å². The average Bonchev–Trinajstić information content (AvgIpc) is 2.63. The minimum atomic E-state index is -4.48. The van der Waals surface area contributed by atoms with Crippen LogP contribution in [0, 0.1) is 0 Å². The first-order valence-corrected chi connectivity index (χ1v) is 13.5. The molecule has 0 aromatic carbocycles. The minimum absolute atomic E-state index is 0.00647. The summed E-state index contributed by atoms with van der Waals surface area (Å²) in [6, 6.07) is 0. The maximum absolute atomic E-state index is 12.1. The van der Waals surface area contributed by atoms with Gasteiger partial charge in [0, 0.05) is 6.42 Å². The molecule has 0 rings (SSSR count). The molecule has 1 unspecified atom stereocenters. The summed E-state index contributed by atoms with van der Waals surface area (Å²) in [6.07, 6.45) is 19.2. The highest BCUT2D eigenvalue weighted by Crippen LogP contribution is 2.54. The number of unbranched alkanes of at least 4 members (excludes halogenated alkanes) is 11. The van der Waals surface area contributed by atoms with E-state index in [-0.39, 0.29) is 13.0 Å². The molecule has 30 heavy (non-hydrogen) atoms. The number of aliphatic hydroxyl groups is 2. The summed E-state index contributed by atoms with van der Waals surface area (Å²) >= 11 is 0. The summed E-state index contributed by atoms with van der Waals surface area (Å²) in [5, 5.41) is 20.0. The summed E-state index contributed by atoms with van der Waals surface area (Å²) < 4.78 is 17.6. The molecule has 0 amide bonds. The number of hydrogen-bond acceptors (Lipinski definition) is 4. The number of likely N-dealkylation sites (N-methyl/N-ethyl adjacent to an activating group) is 1. The highest BCUT2D eigenvalue weighted by Gasteiger charge is 2.45. The third kappa shape index (κ3) is 16.5. The second-order valence-corrected chi connectivity index (χ2v) is 11.5. The van der Waals surface area contributed by atoms with E-state index in [2.05, 4.69) is 19.1 Å². The Morgan fingerprint density at radius 1 is 0.833 bits per heavy atom. The van der Waals surface area contributed by atoms with Gasteiger partial charge in [0.2, 0.25) is 0 Å². The van der Waals surface area contributed by atoms with Crippen molar-refractivity contribution in [2.24, 2.45) is 0 Å². The molecule has 0 aromatic heterocycles. The van der Waals surface area contributed by atoms with Crippen LogP contribution >= 0.6 is 7.60 Å². The second-order valence-electron chi connectivity index (χ2n) is 9.48. The average molecular weight is 451 g/mol. The smallest absolute Gasteiger partial charge is 0.356 e. The predicted octanol–water partition coefficient (Wildman–Crippen LogP) is 5.57. The fraction of sp³-hybridized carbons (Fsp3) is 0.913. The Morgan fingerprint density at radius 3 is 1.80 bits per heavy atom. The molecule has 0 aliphatic rings. The Morgan fingerprint density at radius 2 is 1.30 bits per heavy atom. The minimum Gasteiger partial charge on any atom is -0.356 e. The van der Waals surface area contributed by atoms with Crippen LogP contribution in [0.1, 0.15) is 96.8 Å². The van der Waals surface area contributed by atoms with Gasteiger partial charge in [0.1, 0.15) is 13.2 Å². The van der Waals surface area contributed by atoms with Gasteiger partial charge in [-0.1, -0.05) is 70.4 Å². The largest absolute Gasteiger partial charge is 0.386 e. The van der Waals surface area contributed by atoms with Crippen molar-refractivity contribution in [3.8, 4) is 0 Å². The molecule has 0 aliphatic carbocycles. The van der Waals surface area contributed by atoms with E-state index < -0.39 is 13.1 Å². The van der Waals surface area contributed by atoms with E-state index >= 15 is 0 Å². The highest BCUT2D eigenvalue weighted by atomic mass is 31.2. The van der Waals surface area contributed by atoms with E-state index in [1.165, 1.54) is 44.9 Å². The van der Waals surface area contributed by atoms with Gasteiger partial charge < -0.3 is 19.6 Å². The van der Waals surface area contributed by atoms with Crippen LogP contribution in [0.2, 0.25) is 0 Å². The van der Waals surface area contributed by atoms with E-state index in [0.29, 0.717) is 17.4 Å². The van der Waals surface area contributed by atoms with E-state index in [1.54, 1.807) is 0 Å². The van der Waals surface area contributed by atoms with E-state index in [0.717, 1.165) is 32.1 Å². The zero-order valence-electron chi connectivity index (χ0n) is 20.0. The lowest BCUT2D eigenvalue weighted by atomic mass is 10.1. The molecule has 0 aliphatic heterocycles. The molecule has 0 fully saturated rings. The maximum Gasteiger partial charge on any atom is 0.386 e. The summed E-state index contributed by atoms with van der Waals surface area (Å²) in [6.45, 7) is 2.76. The van der Waals surface area contributed by atoms with E-state index in [1.807, 2.05) is 21.1 Å². The van der Waals surface area contributed by atoms with Gasteiger partial charge in [0.15, 0.2) is 0 Å². The normalized spacial score (nSPS) is 15.0. The molecule has 3 N–H and O–H groups in total. The van der Waals surface area contributed by atoms with Crippen LogP contribution < -0.4 is 0 Å². The van der Waals surface area contributed by atoms with Crippen LogP contribution in [0.4, 0.5) is 0 Å². The lowest BCUT2D eigenvalue weighted by Crippen LogP contribution is -2.38. The molecule has 0 aromatic rings. The van der Waals surface area contributed by atoms with Crippen LogP contribution in [0.5, 0.6) is 0 Å². The van der Waals surface area contributed by atoms with Gasteiger partial charge in [-0.2, -0.15) is 0 Å². The van der Waals surface area contributed by atoms with Gasteiger partial charge in [-0.25, -0.2) is 0 Å². The maximum atomic E-state index is 12.1. The first-order chi connectivity index (χ1) is 14.0. The molecule has 6 nitrogen and oxygen atoms in total. The Labute approximate surface area is 185 Å². The van der Waals surface area contributed by atoms with Crippen LogP contribution in [0.3, 0.4) is 0 Å². The zero-order chi connectivity index (χ0) is 22.9. The molecule has 1 atom stereocenters. The van der Waals surface area contributed by atoms with Crippen molar-refractivity contribution >= 4 is 7.60 Å². The quantitative estimate of drug-likeness (QED) is 0.0742. The SMILES string of the molecule is CCCCCCCC/C=C\CCCCCCCC(O)(O)P(=O)(O)OCC[N+](C)(C)C. The van der Waals surface area contributed by atoms with Gasteiger partial charge in [0.05, 0.1) is 21.1 Å². The van der Waals surface area contributed by atoms with Crippen molar-refractivity contribution in [2.75, 3.05) is 34.3 Å². The zero-order valence-corrected chi connectivity index (χ0v) is 20.9. The van der Waals surface area contributed by atoms with Crippen molar-refractivity contribution in [1.29, 1.82) is 0 Å². The van der Waals surface area contributed by atoms with E-state index in [9.17, 15) is 19.7 Å².